The molecule has 0 aliphatic rings. The van der Waals surface area contributed by atoms with Crippen LogP contribution in [0.2, 0.25) is 0 Å². The molecule has 40 valence electrons. The SMILES string of the molecule is O=C([O-])[O-].[Ca+2].[Li+].[Li+].[OH-].[OH-]. The molecule has 2 N–H and O–H groups in total. The molecule has 0 rings (SSSR count). The topological polar surface area (TPSA) is 123 Å². The number of carbonyl (C=O) groups is 1. The van der Waals surface area contributed by atoms with Gasteiger partial charge >= 0.3 is 75.5 Å². The molecule has 0 aromatic heterocycles. The fourth-order valence-electron chi connectivity index (χ4n) is 0. The van der Waals surface area contributed by atoms with E-state index in [1.807, 2.05) is 0 Å². The van der Waals surface area contributed by atoms with Crippen LogP contribution in [0.3, 0.4) is 0 Å². The summed E-state index contributed by atoms with van der Waals surface area (Å²) < 4.78 is 0. The molecule has 0 unspecified atom stereocenters. The summed E-state index contributed by atoms with van der Waals surface area (Å²) in [6.45, 7) is 0. The van der Waals surface area contributed by atoms with Crippen molar-refractivity contribution in [3.63, 3.8) is 0 Å². The zero-order chi connectivity index (χ0) is 3.58. The molecule has 0 fully saturated rings. The summed E-state index contributed by atoms with van der Waals surface area (Å²) in [6.07, 6.45) is -2.33. The first kappa shape index (κ1) is 45.9. The number of carbonyl (C=O) groups excluding carboxylic acids is 1. The molecule has 0 radical (unpaired) electrons. The van der Waals surface area contributed by atoms with Crippen molar-refractivity contribution in [1.29, 1.82) is 0 Å². The molecule has 0 aliphatic heterocycles. The standard InChI is InChI=1S/CH2O3.Ca.2Li.2H2O/c2-1(3)4;;;;;/h(H2,2,3,4);;;;2*1H2/q;+2;2*+1;;/p-4. The predicted octanol–water partition coefficient (Wildman–Crippen LogP) is -9.17. The van der Waals surface area contributed by atoms with Gasteiger partial charge in [0.15, 0.2) is 0 Å². The van der Waals surface area contributed by atoms with Gasteiger partial charge in [-0.2, -0.15) is 0 Å². The van der Waals surface area contributed by atoms with Crippen LogP contribution < -0.4 is 47.9 Å². The molecule has 0 aliphatic carbocycles. The van der Waals surface area contributed by atoms with Gasteiger partial charge in [0.2, 0.25) is 0 Å². The fourth-order valence-corrected chi connectivity index (χ4v) is 0. The smallest absolute Gasteiger partial charge is 0.870 e. The van der Waals surface area contributed by atoms with Gasteiger partial charge in [-0.3, -0.25) is 0 Å². The van der Waals surface area contributed by atoms with Gasteiger partial charge in [0.1, 0.15) is 0 Å². The average Bonchev–Trinajstić information content (AvgIpc) is 0.811. The van der Waals surface area contributed by atoms with Crippen LogP contribution in [0, 0.1) is 0 Å². The third-order valence-corrected chi connectivity index (χ3v) is 0. The van der Waals surface area contributed by atoms with Gasteiger partial charge in [-0.25, -0.2) is 0 Å². The quantitative estimate of drug-likeness (QED) is 0.315. The van der Waals surface area contributed by atoms with Crippen LogP contribution in [-0.4, -0.2) is 54.8 Å². The van der Waals surface area contributed by atoms with Crippen molar-refractivity contribution in [3.8, 4) is 0 Å². The molecule has 0 spiro atoms. The molecule has 8 heteroatoms. The van der Waals surface area contributed by atoms with Gasteiger partial charge in [0, 0.05) is 0 Å². The molecule has 0 aromatic carbocycles. The molecule has 0 atom stereocenters. The molecular formula is CH2CaLi2O5. The predicted molar refractivity (Wildman–Crippen MR) is 15.0 cm³/mol. The van der Waals surface area contributed by atoms with E-state index in [2.05, 4.69) is 0 Å². The monoisotopic (exact) mass is 148 g/mol. The van der Waals surface area contributed by atoms with Crippen LogP contribution in [0.1, 0.15) is 0 Å². The molecule has 0 heterocycles. The van der Waals surface area contributed by atoms with Gasteiger partial charge in [-0.15, -0.1) is 0 Å². The summed E-state index contributed by atoms with van der Waals surface area (Å²) >= 11 is 0. The second-order valence-corrected chi connectivity index (χ2v) is 0.250. The summed E-state index contributed by atoms with van der Waals surface area (Å²) in [5.41, 5.74) is 0. The van der Waals surface area contributed by atoms with Crippen molar-refractivity contribution in [3.05, 3.63) is 0 Å². The third kappa shape index (κ3) is 208. The van der Waals surface area contributed by atoms with Crippen molar-refractivity contribution < 1.29 is 63.7 Å². The minimum Gasteiger partial charge on any atom is -0.870 e. The Labute approximate surface area is 106 Å². The second kappa shape index (κ2) is 33.4. The van der Waals surface area contributed by atoms with Crippen molar-refractivity contribution in [2.45, 2.75) is 0 Å². The van der Waals surface area contributed by atoms with Gasteiger partial charge in [0.25, 0.3) is 0 Å². The number of rotatable bonds is 0. The van der Waals surface area contributed by atoms with Gasteiger partial charge in [0.05, 0.1) is 0 Å². The Bertz CT molecular complexity index is 37.9. The molecule has 0 amide bonds. The van der Waals surface area contributed by atoms with Gasteiger partial charge in [-0.1, -0.05) is 0 Å². The normalized spacial score (nSPS) is 2.67. The summed E-state index contributed by atoms with van der Waals surface area (Å²) in [4.78, 5) is 8.33. The molecule has 0 saturated carbocycles. The first-order chi connectivity index (χ1) is 1.73. The van der Waals surface area contributed by atoms with Crippen LogP contribution in [0.5, 0.6) is 0 Å². The van der Waals surface area contributed by atoms with Crippen molar-refractivity contribution >= 4 is 43.9 Å². The third-order valence-electron chi connectivity index (χ3n) is 0. The van der Waals surface area contributed by atoms with Crippen molar-refractivity contribution in [2.24, 2.45) is 0 Å². The van der Waals surface area contributed by atoms with E-state index < -0.39 is 6.16 Å². The number of hydrogen-bond acceptors (Lipinski definition) is 5. The Morgan fingerprint density at radius 2 is 1.00 bits per heavy atom. The van der Waals surface area contributed by atoms with E-state index in [0.29, 0.717) is 0 Å². The van der Waals surface area contributed by atoms with E-state index in [9.17, 15) is 0 Å². The minimum absolute atomic E-state index is 0. The summed E-state index contributed by atoms with van der Waals surface area (Å²) in [7, 11) is 0. The average molecular weight is 148 g/mol. The maximum atomic E-state index is 8.33. The maximum Gasteiger partial charge on any atom is 2.00 e. The summed E-state index contributed by atoms with van der Waals surface area (Å²) in [5.74, 6) is 0. The largest absolute Gasteiger partial charge is 2.00 e. The number of hydrogen-bond donors (Lipinski definition) is 0. The van der Waals surface area contributed by atoms with Crippen LogP contribution in [0.4, 0.5) is 4.79 Å². The molecule has 0 bridgehead atoms. The van der Waals surface area contributed by atoms with Gasteiger partial charge < -0.3 is 26.0 Å². The molecule has 5 nitrogen and oxygen atoms in total. The fraction of sp³-hybridized carbons (Fsp3) is 0. The first-order valence-electron chi connectivity index (χ1n) is 0.612. The Morgan fingerprint density at radius 1 is 1.00 bits per heavy atom. The van der Waals surface area contributed by atoms with Crippen LogP contribution in [0.25, 0.3) is 0 Å². The van der Waals surface area contributed by atoms with Crippen molar-refractivity contribution in [2.75, 3.05) is 0 Å². The van der Waals surface area contributed by atoms with E-state index in [-0.39, 0.29) is 86.4 Å². The van der Waals surface area contributed by atoms with Crippen LogP contribution in [-0.2, 0) is 0 Å². The Balaban J connectivity index is -0.00000000450. The van der Waals surface area contributed by atoms with Crippen LogP contribution >= 0.6 is 0 Å². The minimum atomic E-state index is -2.33. The van der Waals surface area contributed by atoms with Gasteiger partial charge in [-0.05, 0) is 6.16 Å². The molecule has 0 saturated heterocycles. The van der Waals surface area contributed by atoms with Crippen LogP contribution in [0.15, 0.2) is 0 Å². The van der Waals surface area contributed by atoms with E-state index in [1.54, 1.807) is 0 Å². The first-order valence-corrected chi connectivity index (χ1v) is 0.612. The Morgan fingerprint density at radius 3 is 1.00 bits per heavy atom. The van der Waals surface area contributed by atoms with Crippen molar-refractivity contribution in [1.82, 2.24) is 0 Å². The second-order valence-electron chi connectivity index (χ2n) is 0.250. The number of carboxylic acid groups (broad SMARTS) is 2. The molecule has 0 aromatic rings. The van der Waals surface area contributed by atoms with E-state index in [1.165, 1.54) is 0 Å². The molecular weight excluding hydrogens is 146 g/mol. The Hall–Kier alpha value is 1.64. The Kier molecular flexibility index (Phi) is 170. The zero-order valence-electron chi connectivity index (χ0n) is 5.33. The summed E-state index contributed by atoms with van der Waals surface area (Å²) in [6, 6.07) is 0. The molecule has 9 heavy (non-hydrogen) atoms. The van der Waals surface area contributed by atoms with E-state index in [4.69, 9.17) is 15.0 Å². The summed E-state index contributed by atoms with van der Waals surface area (Å²) in [5, 5.41) is 16.7. The zero-order valence-corrected chi connectivity index (χ0v) is 7.53. The maximum absolute atomic E-state index is 8.33. The van der Waals surface area contributed by atoms with E-state index in [0.717, 1.165) is 0 Å². The van der Waals surface area contributed by atoms with E-state index >= 15 is 0 Å².